The molecule has 0 saturated carbocycles. The molecule has 0 fully saturated rings. The highest BCUT2D eigenvalue weighted by Crippen LogP contribution is 2.21. The van der Waals surface area contributed by atoms with Crippen molar-refractivity contribution in [3.05, 3.63) is 29.8 Å². The molecule has 2 aromatic rings. The van der Waals surface area contributed by atoms with Crippen molar-refractivity contribution in [2.45, 2.75) is 6.42 Å². The highest BCUT2D eigenvalue weighted by molar-refractivity contribution is 5.38. The molecule has 0 aliphatic carbocycles. The zero-order valence-electron chi connectivity index (χ0n) is 12.2. The number of nitrogens with one attached hydrogen (secondary N) is 1. The van der Waals surface area contributed by atoms with Gasteiger partial charge in [-0.2, -0.15) is 20.2 Å². The fourth-order valence-corrected chi connectivity index (χ4v) is 1.58. The third-order valence-electron chi connectivity index (χ3n) is 2.64. The van der Waals surface area contributed by atoms with Crippen molar-refractivity contribution in [3.63, 3.8) is 0 Å². The van der Waals surface area contributed by atoms with Gasteiger partial charge < -0.3 is 15.0 Å². The van der Waals surface area contributed by atoms with E-state index in [0.29, 0.717) is 24.1 Å². The Balaban J connectivity index is 2.22. The normalized spacial score (nSPS) is 9.81. The van der Waals surface area contributed by atoms with Gasteiger partial charge in [-0.1, -0.05) is 12.1 Å². The van der Waals surface area contributed by atoms with Gasteiger partial charge in [0.25, 0.3) is 0 Å². The van der Waals surface area contributed by atoms with E-state index < -0.39 is 0 Å². The fourth-order valence-electron chi connectivity index (χ4n) is 1.58. The van der Waals surface area contributed by atoms with Gasteiger partial charge in [0.2, 0.25) is 11.9 Å². The predicted octanol–water partition coefficient (Wildman–Crippen LogP) is 1.84. The van der Waals surface area contributed by atoms with Crippen molar-refractivity contribution in [3.8, 4) is 17.8 Å². The molecule has 7 nitrogen and oxygen atoms in total. The third kappa shape index (κ3) is 3.79. The summed E-state index contributed by atoms with van der Waals surface area (Å²) in [6.45, 7) is 0. The van der Waals surface area contributed by atoms with Gasteiger partial charge in [0.05, 0.1) is 12.5 Å². The van der Waals surface area contributed by atoms with E-state index in [1.807, 2.05) is 26.2 Å². The van der Waals surface area contributed by atoms with Gasteiger partial charge in [-0.3, -0.25) is 0 Å². The molecule has 1 aromatic heterocycles. The van der Waals surface area contributed by atoms with E-state index in [1.54, 1.807) is 24.1 Å². The molecule has 0 saturated heterocycles. The molecular weight excluding hydrogens is 268 g/mol. The van der Waals surface area contributed by atoms with Crippen LogP contribution in [0.15, 0.2) is 24.3 Å². The number of benzene rings is 1. The van der Waals surface area contributed by atoms with E-state index in [9.17, 15) is 0 Å². The quantitative estimate of drug-likeness (QED) is 0.896. The maximum Gasteiger partial charge on any atom is 0.328 e. The molecule has 7 heteroatoms. The van der Waals surface area contributed by atoms with E-state index in [2.05, 4.69) is 26.3 Å². The van der Waals surface area contributed by atoms with Crippen LogP contribution in [0.5, 0.6) is 11.8 Å². The Morgan fingerprint density at radius 3 is 2.48 bits per heavy atom. The average Bonchev–Trinajstić information content (AvgIpc) is 2.49. The molecule has 0 aliphatic rings. The fraction of sp³-hybridized carbons (Fsp3) is 0.286. The van der Waals surface area contributed by atoms with Crippen LogP contribution < -0.4 is 15.0 Å². The molecule has 0 atom stereocenters. The lowest BCUT2D eigenvalue weighted by atomic mass is 10.2. The number of aromatic nitrogens is 3. The van der Waals surface area contributed by atoms with E-state index >= 15 is 0 Å². The Bertz CT molecular complexity index is 648. The van der Waals surface area contributed by atoms with Crippen molar-refractivity contribution in [1.29, 1.82) is 5.26 Å². The van der Waals surface area contributed by atoms with Crippen LogP contribution in [-0.4, -0.2) is 36.1 Å². The molecule has 0 amide bonds. The van der Waals surface area contributed by atoms with Crippen LogP contribution in [-0.2, 0) is 6.42 Å². The Labute approximate surface area is 123 Å². The second kappa shape index (κ2) is 6.52. The first-order valence-electron chi connectivity index (χ1n) is 6.37. The Hall–Kier alpha value is -2.88. The third-order valence-corrected chi connectivity index (χ3v) is 2.64. The first-order valence-corrected chi connectivity index (χ1v) is 6.37. The van der Waals surface area contributed by atoms with Crippen LogP contribution in [0.3, 0.4) is 0 Å². The largest absolute Gasteiger partial charge is 0.424 e. The summed E-state index contributed by atoms with van der Waals surface area (Å²) in [6.07, 6.45) is 0.376. The lowest BCUT2D eigenvalue weighted by molar-refractivity contribution is 0.440. The zero-order valence-corrected chi connectivity index (χ0v) is 12.2. The van der Waals surface area contributed by atoms with Crippen LogP contribution in [0, 0.1) is 11.3 Å². The van der Waals surface area contributed by atoms with Crippen LogP contribution in [0.2, 0.25) is 0 Å². The molecule has 0 unspecified atom stereocenters. The molecule has 1 heterocycles. The standard InChI is InChI=1S/C14H16N6O/c1-16-12-17-13(20(2)3)19-14(18-12)21-11-6-4-10(5-7-11)8-9-15/h4-7H,8H2,1-3H3,(H,16,17,18,19). The second-order valence-corrected chi connectivity index (χ2v) is 4.47. The SMILES string of the molecule is CNc1nc(Oc2ccc(CC#N)cc2)nc(N(C)C)n1. The summed E-state index contributed by atoms with van der Waals surface area (Å²) in [4.78, 5) is 14.4. The van der Waals surface area contributed by atoms with Gasteiger partial charge in [-0.15, -0.1) is 0 Å². The highest BCUT2D eigenvalue weighted by Gasteiger charge is 2.09. The summed E-state index contributed by atoms with van der Waals surface area (Å²) < 4.78 is 5.63. The van der Waals surface area contributed by atoms with Gasteiger partial charge in [-0.25, -0.2) is 0 Å². The smallest absolute Gasteiger partial charge is 0.328 e. The molecule has 0 radical (unpaired) electrons. The minimum Gasteiger partial charge on any atom is -0.424 e. The number of ether oxygens (including phenoxy) is 1. The van der Waals surface area contributed by atoms with Gasteiger partial charge >= 0.3 is 6.01 Å². The number of hydrogen-bond acceptors (Lipinski definition) is 7. The van der Waals surface area contributed by atoms with Crippen LogP contribution in [0.1, 0.15) is 5.56 Å². The Morgan fingerprint density at radius 2 is 1.90 bits per heavy atom. The van der Waals surface area contributed by atoms with Crippen LogP contribution in [0.4, 0.5) is 11.9 Å². The Kier molecular flexibility index (Phi) is 4.51. The summed E-state index contributed by atoms with van der Waals surface area (Å²) in [5.41, 5.74) is 0.936. The van der Waals surface area contributed by atoms with Crippen molar-refractivity contribution in [1.82, 2.24) is 15.0 Å². The van der Waals surface area contributed by atoms with Gasteiger partial charge in [0.15, 0.2) is 0 Å². The first-order chi connectivity index (χ1) is 10.1. The second-order valence-electron chi connectivity index (χ2n) is 4.47. The van der Waals surface area contributed by atoms with Crippen LogP contribution >= 0.6 is 0 Å². The predicted molar refractivity (Wildman–Crippen MR) is 79.5 cm³/mol. The van der Waals surface area contributed by atoms with Gasteiger partial charge in [-0.05, 0) is 17.7 Å². The number of nitriles is 1. The molecule has 21 heavy (non-hydrogen) atoms. The summed E-state index contributed by atoms with van der Waals surface area (Å²) in [5.74, 6) is 1.55. The molecular formula is C14H16N6O. The zero-order chi connectivity index (χ0) is 15.2. The Morgan fingerprint density at radius 1 is 1.19 bits per heavy atom. The average molecular weight is 284 g/mol. The summed E-state index contributed by atoms with van der Waals surface area (Å²) in [6, 6.07) is 9.56. The maximum atomic E-state index is 8.64. The van der Waals surface area contributed by atoms with Gasteiger partial charge in [0.1, 0.15) is 5.75 Å². The van der Waals surface area contributed by atoms with Crippen LogP contribution in [0.25, 0.3) is 0 Å². The maximum absolute atomic E-state index is 8.64. The lowest BCUT2D eigenvalue weighted by Crippen LogP contribution is -2.15. The summed E-state index contributed by atoms with van der Waals surface area (Å²) in [5, 5.41) is 11.5. The van der Waals surface area contributed by atoms with E-state index in [-0.39, 0.29) is 6.01 Å². The number of anilines is 2. The van der Waals surface area contributed by atoms with Crippen molar-refractivity contribution in [2.75, 3.05) is 31.4 Å². The van der Waals surface area contributed by atoms with Gasteiger partial charge in [0, 0.05) is 21.1 Å². The molecule has 1 aromatic carbocycles. The highest BCUT2D eigenvalue weighted by atomic mass is 16.5. The molecule has 0 bridgehead atoms. The van der Waals surface area contributed by atoms with Crippen molar-refractivity contribution >= 4 is 11.9 Å². The first kappa shape index (κ1) is 14.5. The summed E-state index contributed by atoms with van der Waals surface area (Å²) in [7, 11) is 5.42. The number of rotatable bonds is 5. The number of hydrogen-bond donors (Lipinski definition) is 1. The van der Waals surface area contributed by atoms with E-state index in [4.69, 9.17) is 10.00 Å². The number of nitrogens with zero attached hydrogens (tertiary/aromatic N) is 5. The molecule has 108 valence electrons. The van der Waals surface area contributed by atoms with Crippen molar-refractivity contribution < 1.29 is 4.74 Å². The van der Waals surface area contributed by atoms with E-state index in [0.717, 1.165) is 5.56 Å². The molecule has 0 aliphatic heterocycles. The minimum absolute atomic E-state index is 0.214. The lowest BCUT2D eigenvalue weighted by Gasteiger charge is -2.12. The molecule has 2 rings (SSSR count). The van der Waals surface area contributed by atoms with E-state index in [1.165, 1.54) is 0 Å². The molecule has 0 spiro atoms. The van der Waals surface area contributed by atoms with Crippen molar-refractivity contribution in [2.24, 2.45) is 0 Å². The molecule has 1 N–H and O–H groups in total. The topological polar surface area (TPSA) is 87.0 Å². The minimum atomic E-state index is 0.214. The summed E-state index contributed by atoms with van der Waals surface area (Å²) >= 11 is 0. The monoisotopic (exact) mass is 284 g/mol.